The van der Waals surface area contributed by atoms with E-state index >= 15 is 0 Å². The molecule has 1 aliphatic heterocycles. The SMILES string of the molecule is ClC(c1cc(Br)ccc1I)c1cc(Br)cc2c1OCC2. The van der Waals surface area contributed by atoms with Gasteiger partial charge in [-0.2, -0.15) is 0 Å². The predicted molar refractivity (Wildman–Crippen MR) is 97.9 cm³/mol. The molecule has 0 amide bonds. The van der Waals surface area contributed by atoms with E-state index in [1.54, 1.807) is 0 Å². The Kier molecular flexibility index (Phi) is 4.65. The molecule has 20 heavy (non-hydrogen) atoms. The largest absolute Gasteiger partial charge is 0.493 e. The van der Waals surface area contributed by atoms with Crippen molar-refractivity contribution in [3.8, 4) is 5.75 Å². The maximum Gasteiger partial charge on any atom is 0.127 e. The average Bonchev–Trinajstić information content (AvgIpc) is 2.87. The molecule has 1 nitrogen and oxygen atoms in total. The second kappa shape index (κ2) is 6.15. The van der Waals surface area contributed by atoms with E-state index in [0.29, 0.717) is 0 Å². The smallest absolute Gasteiger partial charge is 0.127 e. The first-order valence-corrected chi connectivity index (χ1v) is 9.20. The van der Waals surface area contributed by atoms with Crippen LogP contribution in [-0.2, 0) is 6.42 Å². The van der Waals surface area contributed by atoms with Gasteiger partial charge in [-0.3, -0.25) is 0 Å². The zero-order chi connectivity index (χ0) is 14.3. The van der Waals surface area contributed by atoms with Crippen molar-refractivity contribution >= 4 is 66.1 Å². The lowest BCUT2D eigenvalue weighted by Gasteiger charge is -2.16. The fourth-order valence-electron chi connectivity index (χ4n) is 2.36. The van der Waals surface area contributed by atoms with Gasteiger partial charge in [0.05, 0.1) is 12.0 Å². The molecular formula is C15H10Br2ClIO. The van der Waals surface area contributed by atoms with E-state index in [4.69, 9.17) is 16.3 Å². The van der Waals surface area contributed by atoms with Gasteiger partial charge in [0.25, 0.3) is 0 Å². The Morgan fingerprint density at radius 1 is 1.10 bits per heavy atom. The molecule has 0 radical (unpaired) electrons. The first kappa shape index (κ1) is 15.1. The summed E-state index contributed by atoms with van der Waals surface area (Å²) in [5, 5.41) is -0.219. The highest BCUT2D eigenvalue weighted by molar-refractivity contribution is 14.1. The van der Waals surface area contributed by atoms with Crippen molar-refractivity contribution in [3.63, 3.8) is 0 Å². The van der Waals surface area contributed by atoms with Crippen LogP contribution in [0.25, 0.3) is 0 Å². The lowest BCUT2D eigenvalue weighted by molar-refractivity contribution is 0.353. The lowest BCUT2D eigenvalue weighted by atomic mass is 10.0. The summed E-state index contributed by atoms with van der Waals surface area (Å²) in [6, 6.07) is 10.3. The van der Waals surface area contributed by atoms with Crippen molar-refractivity contribution in [3.05, 3.63) is 59.5 Å². The highest BCUT2D eigenvalue weighted by atomic mass is 127. The van der Waals surface area contributed by atoms with Crippen molar-refractivity contribution in [2.75, 3.05) is 6.61 Å². The Morgan fingerprint density at radius 2 is 1.85 bits per heavy atom. The third-order valence-corrected chi connectivity index (χ3v) is 5.68. The van der Waals surface area contributed by atoms with Crippen molar-refractivity contribution < 1.29 is 4.74 Å². The maximum absolute atomic E-state index is 6.74. The minimum atomic E-state index is -0.219. The van der Waals surface area contributed by atoms with E-state index in [-0.39, 0.29) is 5.38 Å². The van der Waals surface area contributed by atoms with Crippen LogP contribution in [-0.4, -0.2) is 6.61 Å². The molecule has 104 valence electrons. The first-order chi connectivity index (χ1) is 9.56. The molecule has 0 fully saturated rings. The van der Waals surface area contributed by atoms with Crippen LogP contribution in [0.1, 0.15) is 22.1 Å². The molecule has 0 aliphatic carbocycles. The van der Waals surface area contributed by atoms with Crippen molar-refractivity contribution in [1.82, 2.24) is 0 Å². The monoisotopic (exact) mass is 526 g/mol. The standard InChI is InChI=1S/C15H10Br2ClIO/c16-9-1-2-13(19)11(6-9)14(18)12-7-10(17)5-8-3-4-20-15(8)12/h1-2,5-7,14H,3-4H2. The summed E-state index contributed by atoms with van der Waals surface area (Å²) < 4.78 is 9.01. The predicted octanol–water partition coefficient (Wildman–Crippen LogP) is 6.08. The van der Waals surface area contributed by atoms with E-state index in [1.165, 1.54) is 5.56 Å². The van der Waals surface area contributed by atoms with Gasteiger partial charge < -0.3 is 4.74 Å². The third-order valence-electron chi connectivity index (χ3n) is 3.28. The van der Waals surface area contributed by atoms with E-state index < -0.39 is 0 Å². The molecule has 1 aliphatic rings. The van der Waals surface area contributed by atoms with Gasteiger partial charge in [0.2, 0.25) is 0 Å². The number of ether oxygens (including phenoxy) is 1. The highest BCUT2D eigenvalue weighted by Crippen LogP contribution is 2.43. The van der Waals surface area contributed by atoms with Crippen LogP contribution in [0.5, 0.6) is 5.75 Å². The van der Waals surface area contributed by atoms with Gasteiger partial charge in [0.1, 0.15) is 5.75 Å². The van der Waals surface area contributed by atoms with Crippen molar-refractivity contribution in [2.24, 2.45) is 0 Å². The summed E-state index contributed by atoms with van der Waals surface area (Å²) in [5.41, 5.74) is 3.35. The molecule has 1 heterocycles. The average molecular weight is 528 g/mol. The summed E-state index contributed by atoms with van der Waals surface area (Å²) in [7, 11) is 0. The molecule has 0 bridgehead atoms. The first-order valence-electron chi connectivity index (χ1n) is 6.10. The van der Waals surface area contributed by atoms with E-state index in [2.05, 4.69) is 78.7 Å². The minimum Gasteiger partial charge on any atom is -0.493 e. The zero-order valence-electron chi connectivity index (χ0n) is 10.3. The molecule has 5 heteroatoms. The summed E-state index contributed by atoms with van der Waals surface area (Å²) in [6.07, 6.45) is 0.945. The molecule has 0 spiro atoms. The Bertz CT molecular complexity index is 675. The van der Waals surface area contributed by atoms with Crippen molar-refractivity contribution in [1.29, 1.82) is 0 Å². The topological polar surface area (TPSA) is 9.23 Å². The van der Waals surface area contributed by atoms with Gasteiger partial charge in [0, 0.05) is 24.5 Å². The molecule has 2 aromatic carbocycles. The molecular weight excluding hydrogens is 518 g/mol. The second-order valence-electron chi connectivity index (χ2n) is 4.61. The number of hydrogen-bond donors (Lipinski definition) is 0. The summed E-state index contributed by atoms with van der Waals surface area (Å²) >= 11 is 16.1. The molecule has 0 saturated carbocycles. The van der Waals surface area contributed by atoms with Gasteiger partial charge >= 0.3 is 0 Å². The Hall–Kier alpha value is 0.220. The van der Waals surface area contributed by atoms with E-state index in [9.17, 15) is 0 Å². The molecule has 2 aromatic rings. The molecule has 1 unspecified atom stereocenters. The van der Waals surface area contributed by atoms with Crippen molar-refractivity contribution in [2.45, 2.75) is 11.8 Å². The summed E-state index contributed by atoms with van der Waals surface area (Å²) in [4.78, 5) is 0. The lowest BCUT2D eigenvalue weighted by Crippen LogP contribution is -2.00. The molecule has 0 saturated heterocycles. The van der Waals surface area contributed by atoms with Gasteiger partial charge in [-0.1, -0.05) is 31.9 Å². The van der Waals surface area contributed by atoms with Crippen LogP contribution >= 0.6 is 66.1 Å². The van der Waals surface area contributed by atoms with E-state index in [0.717, 1.165) is 42.4 Å². The summed E-state index contributed by atoms with van der Waals surface area (Å²) in [6.45, 7) is 0.734. The number of alkyl halides is 1. The number of benzene rings is 2. The van der Waals surface area contributed by atoms with Crippen LogP contribution in [0.2, 0.25) is 0 Å². The third kappa shape index (κ3) is 2.89. The van der Waals surface area contributed by atoms with E-state index in [1.807, 2.05) is 6.07 Å². The van der Waals surface area contributed by atoms with Crippen LogP contribution in [0.3, 0.4) is 0 Å². The normalized spacial score (nSPS) is 14.8. The molecule has 1 atom stereocenters. The fraction of sp³-hybridized carbons (Fsp3) is 0.200. The Labute approximate surface area is 153 Å². The summed E-state index contributed by atoms with van der Waals surface area (Å²) in [5.74, 6) is 0.948. The Balaban J connectivity index is 2.11. The van der Waals surface area contributed by atoms with Gasteiger partial charge in [-0.25, -0.2) is 0 Å². The molecule has 0 aromatic heterocycles. The zero-order valence-corrected chi connectivity index (χ0v) is 16.4. The van der Waals surface area contributed by atoms with Crippen LogP contribution < -0.4 is 4.74 Å². The number of rotatable bonds is 2. The van der Waals surface area contributed by atoms with Crippen LogP contribution in [0.15, 0.2) is 39.3 Å². The van der Waals surface area contributed by atoms with Gasteiger partial charge in [0.15, 0.2) is 0 Å². The number of fused-ring (bicyclic) bond motifs is 1. The quantitative estimate of drug-likeness (QED) is 0.339. The van der Waals surface area contributed by atoms with Crippen LogP contribution in [0.4, 0.5) is 0 Å². The molecule has 3 rings (SSSR count). The van der Waals surface area contributed by atoms with Gasteiger partial charge in [-0.15, -0.1) is 11.6 Å². The maximum atomic E-state index is 6.74. The Morgan fingerprint density at radius 3 is 2.65 bits per heavy atom. The second-order valence-corrected chi connectivity index (χ2v) is 8.04. The van der Waals surface area contributed by atoms with Gasteiger partial charge in [-0.05, 0) is 64.0 Å². The molecule has 0 N–H and O–H groups in total. The number of halogens is 4. The minimum absolute atomic E-state index is 0.219. The highest BCUT2D eigenvalue weighted by Gasteiger charge is 2.24. The fourth-order valence-corrected chi connectivity index (χ4v) is 4.44. The van der Waals surface area contributed by atoms with Crippen LogP contribution in [0, 0.1) is 3.57 Å². The number of hydrogen-bond acceptors (Lipinski definition) is 1.